The van der Waals surface area contributed by atoms with E-state index < -0.39 is 11.0 Å². The topological polar surface area (TPSA) is 111 Å². The van der Waals surface area contributed by atoms with Gasteiger partial charge in [0.25, 0.3) is 0 Å². The van der Waals surface area contributed by atoms with Crippen LogP contribution in [0.25, 0.3) is 0 Å². The normalized spacial score (nSPS) is 21.1. The Bertz CT molecular complexity index is 616. The minimum absolute atomic E-state index is 0.195. The summed E-state index contributed by atoms with van der Waals surface area (Å²) >= 11 is 2.15. The number of ether oxygens (including phenoxy) is 2. The van der Waals surface area contributed by atoms with Crippen LogP contribution in [0.5, 0.6) is 0 Å². The van der Waals surface area contributed by atoms with Crippen molar-refractivity contribution in [2.45, 2.75) is 6.10 Å². The molecule has 0 N–H and O–H groups in total. The number of alkyl halides is 1. The molecule has 0 spiro atoms. The molecule has 25 heavy (non-hydrogen) atoms. The number of morpholine rings is 1. The summed E-state index contributed by atoms with van der Waals surface area (Å²) in [4.78, 5) is 25.8. The van der Waals surface area contributed by atoms with E-state index in [-0.39, 0.29) is 17.7 Å². The average Bonchev–Trinajstić information content (AvgIpc) is 3.22. The fourth-order valence-electron chi connectivity index (χ4n) is 2.41. The molecule has 11 heteroatoms. The van der Waals surface area contributed by atoms with Gasteiger partial charge in [-0.25, -0.2) is 4.79 Å². The van der Waals surface area contributed by atoms with Crippen molar-refractivity contribution in [2.24, 2.45) is 5.10 Å². The van der Waals surface area contributed by atoms with E-state index in [9.17, 15) is 14.9 Å². The van der Waals surface area contributed by atoms with Crippen molar-refractivity contribution in [1.82, 2.24) is 9.91 Å². The Morgan fingerprint density at radius 2 is 2.12 bits per heavy atom. The lowest BCUT2D eigenvalue weighted by atomic mass is 10.3. The largest absolute Gasteiger partial charge is 0.441 e. The van der Waals surface area contributed by atoms with Gasteiger partial charge in [-0.2, -0.15) is 10.1 Å². The van der Waals surface area contributed by atoms with Crippen LogP contribution in [0.1, 0.15) is 5.76 Å². The number of carbonyl (C=O) groups is 1. The minimum atomic E-state index is -0.639. The van der Waals surface area contributed by atoms with E-state index in [1.165, 1.54) is 23.4 Å². The van der Waals surface area contributed by atoms with Crippen LogP contribution in [0.2, 0.25) is 0 Å². The maximum Gasteiger partial charge on any atom is 0.433 e. The summed E-state index contributed by atoms with van der Waals surface area (Å²) in [7, 11) is 0. The highest BCUT2D eigenvalue weighted by Gasteiger charge is 2.32. The fraction of sp³-hybridized carbons (Fsp3) is 0.571. The molecule has 3 rings (SSSR count). The second kappa shape index (κ2) is 9.68. The molecule has 2 fully saturated rings. The van der Waals surface area contributed by atoms with Gasteiger partial charge in [0, 0.05) is 19.6 Å². The number of hydrogen-bond acceptors (Lipinski definition) is 8. The Kier molecular flexibility index (Phi) is 7.58. The van der Waals surface area contributed by atoms with Gasteiger partial charge in [-0.05, 0) is 11.0 Å². The molecule has 138 valence electrons. The minimum Gasteiger partial charge on any atom is -0.441 e. The number of rotatable bonds is 5. The second-order valence-corrected chi connectivity index (χ2v) is 5.18. The van der Waals surface area contributed by atoms with Crippen LogP contribution in [-0.4, -0.2) is 77.6 Å². The molecular weight excluding hydrogens is 447 g/mol. The molecule has 1 unspecified atom stereocenters. The number of nitrogens with zero attached hydrogens (tertiary/aromatic N) is 4. The van der Waals surface area contributed by atoms with Crippen molar-refractivity contribution in [1.29, 1.82) is 0 Å². The van der Waals surface area contributed by atoms with Crippen LogP contribution in [0.3, 0.4) is 0 Å². The predicted octanol–water partition coefficient (Wildman–Crippen LogP) is 1.73. The molecule has 3 heterocycles. The van der Waals surface area contributed by atoms with Crippen molar-refractivity contribution in [3.05, 3.63) is 28.0 Å². The monoisotopic (exact) mass is 466 g/mol. The van der Waals surface area contributed by atoms with Crippen molar-refractivity contribution < 1.29 is 23.6 Å². The summed E-state index contributed by atoms with van der Waals surface area (Å²) in [5, 5.41) is 15.7. The first kappa shape index (κ1) is 19.6. The summed E-state index contributed by atoms with van der Waals surface area (Å²) in [5.74, 6) is -0.179. The van der Waals surface area contributed by atoms with Gasteiger partial charge in [-0.3, -0.25) is 15.0 Å². The van der Waals surface area contributed by atoms with Gasteiger partial charge in [0.1, 0.15) is 11.0 Å². The quantitative estimate of drug-likeness (QED) is 0.214. The summed E-state index contributed by atoms with van der Waals surface area (Å²) in [6, 6.07) is 2.64. The van der Waals surface area contributed by atoms with E-state index in [0.717, 1.165) is 13.1 Å². The van der Waals surface area contributed by atoms with Gasteiger partial charge in [0.2, 0.25) is 0 Å². The third kappa shape index (κ3) is 5.64. The Labute approximate surface area is 158 Å². The smallest absolute Gasteiger partial charge is 0.433 e. The van der Waals surface area contributed by atoms with Crippen molar-refractivity contribution in [3.63, 3.8) is 0 Å². The lowest BCUT2D eigenvalue weighted by Crippen LogP contribution is -2.41. The molecule has 0 aromatic carbocycles. The molecule has 2 saturated heterocycles. The molecule has 0 bridgehead atoms. The Morgan fingerprint density at radius 3 is 2.76 bits per heavy atom. The van der Waals surface area contributed by atoms with Crippen LogP contribution < -0.4 is 0 Å². The highest BCUT2D eigenvalue weighted by Crippen LogP contribution is 2.16. The van der Waals surface area contributed by atoms with Gasteiger partial charge >= 0.3 is 12.0 Å². The molecule has 1 aromatic rings. The molecule has 2 aliphatic rings. The summed E-state index contributed by atoms with van der Waals surface area (Å²) in [5.41, 5.74) is 0. The van der Waals surface area contributed by atoms with Crippen LogP contribution in [0, 0.1) is 10.1 Å². The number of halogens is 1. The van der Waals surface area contributed by atoms with E-state index in [1.54, 1.807) is 0 Å². The number of hydrogen-bond donors (Lipinski definition) is 0. The highest BCUT2D eigenvalue weighted by atomic mass is 127. The average molecular weight is 466 g/mol. The number of furan rings is 1. The van der Waals surface area contributed by atoms with Gasteiger partial charge < -0.3 is 13.9 Å². The molecule has 0 saturated carbocycles. The molecular formula is C14H19IN4O6. The van der Waals surface area contributed by atoms with Gasteiger partial charge in [-0.15, -0.1) is 0 Å². The van der Waals surface area contributed by atoms with E-state index in [0.29, 0.717) is 26.3 Å². The Balaban J connectivity index is 0.00000109. The third-order valence-corrected chi connectivity index (χ3v) is 3.54. The number of cyclic esters (lactones) is 1. The van der Waals surface area contributed by atoms with E-state index >= 15 is 0 Å². The highest BCUT2D eigenvalue weighted by molar-refractivity contribution is 14.1. The standard InChI is InChI=1S/C13H16N4O6.CH3I/c18-13-16(14-7-10-1-2-12(22-10)17(19)20)9-11(23-13)8-15-3-5-21-6-4-15;1-2/h1-2,7,11H,3-6,8-9H2;1H3/b14-7+;. The van der Waals surface area contributed by atoms with Crippen molar-refractivity contribution in [3.8, 4) is 0 Å². The van der Waals surface area contributed by atoms with E-state index in [2.05, 4.69) is 32.6 Å². The number of nitro groups is 1. The maximum absolute atomic E-state index is 11.8. The van der Waals surface area contributed by atoms with Crippen molar-refractivity contribution in [2.75, 3.05) is 44.3 Å². The van der Waals surface area contributed by atoms with E-state index in [4.69, 9.17) is 13.9 Å². The molecule has 1 aromatic heterocycles. The molecule has 10 nitrogen and oxygen atoms in total. The zero-order valence-corrected chi connectivity index (χ0v) is 15.8. The SMILES string of the molecule is CI.O=C1OC(CN2CCOCC2)CN1/N=C/c1ccc([N+](=O)[O-])o1. The number of carbonyl (C=O) groups excluding carboxylic acids is 1. The number of hydrazone groups is 1. The predicted molar refractivity (Wildman–Crippen MR) is 97.1 cm³/mol. The lowest BCUT2D eigenvalue weighted by Gasteiger charge is -2.27. The first-order chi connectivity index (χ1) is 12.1. The first-order valence-electron chi connectivity index (χ1n) is 7.56. The third-order valence-electron chi connectivity index (χ3n) is 3.54. The van der Waals surface area contributed by atoms with Crippen LogP contribution in [0.15, 0.2) is 21.7 Å². The summed E-state index contributed by atoms with van der Waals surface area (Å²) in [6.07, 6.45) is 0.454. The Morgan fingerprint density at radius 1 is 1.40 bits per heavy atom. The van der Waals surface area contributed by atoms with Crippen molar-refractivity contribution >= 4 is 40.8 Å². The van der Waals surface area contributed by atoms with Crippen LogP contribution in [-0.2, 0) is 9.47 Å². The zero-order chi connectivity index (χ0) is 18.2. The van der Waals surface area contributed by atoms with Gasteiger partial charge in [-0.1, -0.05) is 22.6 Å². The van der Waals surface area contributed by atoms with Crippen LogP contribution in [0.4, 0.5) is 10.7 Å². The summed E-state index contributed by atoms with van der Waals surface area (Å²) < 4.78 is 15.5. The lowest BCUT2D eigenvalue weighted by molar-refractivity contribution is -0.402. The zero-order valence-electron chi connectivity index (χ0n) is 13.7. The molecule has 0 radical (unpaired) electrons. The van der Waals surface area contributed by atoms with Gasteiger partial charge in [0.05, 0.1) is 32.0 Å². The molecule has 0 aliphatic carbocycles. The van der Waals surface area contributed by atoms with Gasteiger partial charge in [0.15, 0.2) is 5.76 Å². The van der Waals surface area contributed by atoms with Crippen LogP contribution >= 0.6 is 22.6 Å². The summed E-state index contributed by atoms with van der Waals surface area (Å²) in [6.45, 7) is 3.95. The molecule has 1 amide bonds. The number of amides is 1. The van der Waals surface area contributed by atoms with E-state index in [1.807, 2.05) is 4.93 Å². The second-order valence-electron chi connectivity index (χ2n) is 5.18. The molecule has 1 atom stereocenters. The fourth-order valence-corrected chi connectivity index (χ4v) is 2.41. The maximum atomic E-state index is 11.8. The Hall–Kier alpha value is -1.73. The first-order valence-corrected chi connectivity index (χ1v) is 9.72. The molecule has 2 aliphatic heterocycles.